The number of anilines is 2. The largest absolute Gasteiger partial charge is 0.505 e. The summed E-state index contributed by atoms with van der Waals surface area (Å²) in [4.78, 5) is 56.2. The number of pyridine rings is 2. The lowest BCUT2D eigenvalue weighted by atomic mass is 9.97. The predicted molar refractivity (Wildman–Crippen MR) is 176 cm³/mol. The van der Waals surface area contributed by atoms with E-state index in [4.69, 9.17) is 21.3 Å². The molecule has 0 spiro atoms. The van der Waals surface area contributed by atoms with Crippen LogP contribution in [0.25, 0.3) is 11.4 Å². The number of aromatic hydroxyl groups is 1. The number of piperazine rings is 1. The van der Waals surface area contributed by atoms with Gasteiger partial charge in [0.05, 0.1) is 17.5 Å². The number of carbonyl (C=O) groups excluding carboxylic acids is 2. The summed E-state index contributed by atoms with van der Waals surface area (Å²) >= 11 is 6.01. The van der Waals surface area contributed by atoms with E-state index in [-0.39, 0.29) is 67.3 Å². The number of halogens is 4. The molecule has 0 radical (unpaired) electrons. The normalized spacial score (nSPS) is 16.8. The van der Waals surface area contributed by atoms with Crippen molar-refractivity contribution in [3.8, 4) is 5.75 Å². The number of hydrogen-bond acceptors (Lipinski definition) is 10. The second-order valence-electron chi connectivity index (χ2n) is 11.8. The highest BCUT2D eigenvalue weighted by Crippen LogP contribution is 2.32. The van der Waals surface area contributed by atoms with E-state index in [1.165, 1.54) is 23.2 Å². The number of alkyl halides is 3. The standard InChI is InChI=1S/C32H33ClF3N9O5/c1-3-21-26(42-13-15-43(16-14-42)29(48)25-22(46)5-4-12-37-25)30(49)45-31(40-28(41-45)18-6-8-19(50-2)9-7-18)44(21)17-24(47)38-20-10-11-23(32(34,35)36)39-27(20)33/h4-6,10-12,19,46H,3,7-9,13-17H2,1-2H3,(H,38,47). The molecule has 4 aromatic heterocycles. The Morgan fingerprint density at radius 3 is 2.52 bits per heavy atom. The Morgan fingerprint density at radius 2 is 1.90 bits per heavy atom. The second kappa shape index (κ2) is 14.1. The lowest BCUT2D eigenvalue weighted by Gasteiger charge is -2.36. The number of methoxy groups -OCH3 is 1. The second-order valence-corrected chi connectivity index (χ2v) is 12.1. The number of amides is 2. The van der Waals surface area contributed by atoms with E-state index in [1.54, 1.807) is 11.7 Å². The van der Waals surface area contributed by atoms with Crippen LogP contribution >= 0.6 is 11.6 Å². The van der Waals surface area contributed by atoms with Gasteiger partial charge in [0.15, 0.2) is 16.7 Å². The van der Waals surface area contributed by atoms with Crippen LogP contribution in [0.1, 0.15) is 53.9 Å². The van der Waals surface area contributed by atoms with Gasteiger partial charge in [-0.2, -0.15) is 22.7 Å². The Morgan fingerprint density at radius 1 is 1.14 bits per heavy atom. The molecule has 14 nitrogen and oxygen atoms in total. The van der Waals surface area contributed by atoms with Gasteiger partial charge in [0.1, 0.15) is 23.7 Å². The number of nitrogens with one attached hydrogen (secondary N) is 1. The van der Waals surface area contributed by atoms with Gasteiger partial charge < -0.3 is 29.5 Å². The molecule has 1 atom stereocenters. The number of hydrogen-bond donors (Lipinski definition) is 2. The summed E-state index contributed by atoms with van der Waals surface area (Å²) in [6.45, 7) is 2.35. The molecule has 6 rings (SSSR count). The van der Waals surface area contributed by atoms with E-state index in [1.807, 2.05) is 17.9 Å². The molecule has 2 aliphatic rings. The topological polar surface area (TPSA) is 160 Å². The molecule has 1 aliphatic carbocycles. The van der Waals surface area contributed by atoms with Crippen LogP contribution in [0.4, 0.5) is 24.5 Å². The van der Waals surface area contributed by atoms with Crippen molar-refractivity contribution in [3.05, 3.63) is 75.0 Å². The summed E-state index contributed by atoms with van der Waals surface area (Å²) in [6, 6.07) is 4.63. The zero-order chi connectivity index (χ0) is 35.7. The molecule has 2 N–H and O–H groups in total. The highest BCUT2D eigenvalue weighted by atomic mass is 35.5. The molecule has 4 aromatic rings. The Labute approximate surface area is 288 Å². The van der Waals surface area contributed by atoms with Crippen molar-refractivity contribution in [3.63, 3.8) is 0 Å². The van der Waals surface area contributed by atoms with Crippen LogP contribution < -0.4 is 15.8 Å². The van der Waals surface area contributed by atoms with Crippen molar-refractivity contribution < 1.29 is 32.6 Å². The third-order valence-electron chi connectivity index (χ3n) is 8.73. The maximum absolute atomic E-state index is 14.2. The minimum Gasteiger partial charge on any atom is -0.505 e. The summed E-state index contributed by atoms with van der Waals surface area (Å²) in [5.74, 6) is -0.912. The molecular weight excluding hydrogens is 683 g/mol. The smallest absolute Gasteiger partial charge is 0.433 e. The fourth-order valence-corrected chi connectivity index (χ4v) is 6.36. The molecular formula is C32H33ClF3N9O5. The maximum atomic E-state index is 14.2. The summed E-state index contributed by atoms with van der Waals surface area (Å²) in [6.07, 6.45) is 0.984. The third kappa shape index (κ3) is 6.87. The predicted octanol–water partition coefficient (Wildman–Crippen LogP) is 3.80. The van der Waals surface area contributed by atoms with E-state index < -0.39 is 40.9 Å². The molecule has 1 fully saturated rings. The molecule has 1 aliphatic heterocycles. The van der Waals surface area contributed by atoms with Crippen molar-refractivity contribution in [2.45, 2.75) is 51.4 Å². The Hall–Kier alpha value is -5.03. The maximum Gasteiger partial charge on any atom is 0.433 e. The first-order chi connectivity index (χ1) is 23.9. The molecule has 2 amide bonds. The highest BCUT2D eigenvalue weighted by Gasteiger charge is 2.34. The van der Waals surface area contributed by atoms with Gasteiger partial charge in [-0.15, -0.1) is 5.10 Å². The van der Waals surface area contributed by atoms with Gasteiger partial charge in [0.25, 0.3) is 11.5 Å². The van der Waals surface area contributed by atoms with Crippen LogP contribution in [0.5, 0.6) is 5.75 Å². The van der Waals surface area contributed by atoms with Crippen molar-refractivity contribution in [1.29, 1.82) is 0 Å². The van der Waals surface area contributed by atoms with E-state index in [2.05, 4.69) is 20.4 Å². The van der Waals surface area contributed by atoms with Gasteiger partial charge in [-0.25, -0.2) is 9.97 Å². The van der Waals surface area contributed by atoms with E-state index in [0.29, 0.717) is 30.4 Å². The zero-order valence-corrected chi connectivity index (χ0v) is 27.8. The zero-order valence-electron chi connectivity index (χ0n) is 27.1. The molecule has 50 heavy (non-hydrogen) atoms. The van der Waals surface area contributed by atoms with Crippen LogP contribution in [0.2, 0.25) is 5.15 Å². The average molecular weight is 716 g/mol. The molecule has 264 valence electrons. The quantitative estimate of drug-likeness (QED) is 0.257. The van der Waals surface area contributed by atoms with E-state index >= 15 is 0 Å². The van der Waals surface area contributed by atoms with E-state index in [0.717, 1.165) is 22.6 Å². The van der Waals surface area contributed by atoms with Crippen molar-refractivity contribution in [2.24, 2.45) is 0 Å². The van der Waals surface area contributed by atoms with Crippen LogP contribution in [0, 0.1) is 0 Å². The number of rotatable bonds is 8. The summed E-state index contributed by atoms with van der Waals surface area (Å²) in [7, 11) is 1.64. The molecule has 1 unspecified atom stereocenters. The van der Waals surface area contributed by atoms with Gasteiger partial charge >= 0.3 is 6.18 Å². The Kier molecular flexibility index (Phi) is 9.80. The minimum absolute atomic E-state index is 0.0523. The molecule has 0 saturated carbocycles. The first kappa shape index (κ1) is 34.8. The number of allylic oxidation sites excluding steroid dienone is 1. The van der Waals surface area contributed by atoms with Crippen molar-refractivity contribution in [2.75, 3.05) is 43.5 Å². The molecule has 18 heteroatoms. The Bertz CT molecular complexity index is 2040. The third-order valence-corrected chi connectivity index (χ3v) is 9.02. The average Bonchev–Trinajstić information content (AvgIpc) is 3.56. The molecule has 0 bridgehead atoms. The SMILES string of the molecule is CCc1c(N2CCN(C(=O)c3ncccc3O)CC2)c(=O)n2nc(C3=CCC(OC)CC3)nc2n1CC(=O)Nc1ccc(C(F)(F)F)nc1Cl. The first-order valence-corrected chi connectivity index (χ1v) is 16.2. The molecule has 0 aromatic carbocycles. The number of carbonyl (C=O) groups is 2. The number of aromatic nitrogens is 6. The highest BCUT2D eigenvalue weighted by molar-refractivity contribution is 6.32. The van der Waals surface area contributed by atoms with E-state index in [9.17, 15) is 32.7 Å². The number of fused-ring (bicyclic) bond motifs is 1. The monoisotopic (exact) mass is 715 g/mol. The van der Waals surface area contributed by atoms with Gasteiger partial charge in [-0.1, -0.05) is 24.6 Å². The van der Waals surface area contributed by atoms with Crippen molar-refractivity contribution in [1.82, 2.24) is 34.0 Å². The van der Waals surface area contributed by atoms with Crippen LogP contribution in [-0.2, 0) is 28.7 Å². The van der Waals surface area contributed by atoms with Crippen LogP contribution in [0.15, 0.2) is 41.3 Å². The lowest BCUT2D eigenvalue weighted by molar-refractivity contribution is -0.141. The summed E-state index contributed by atoms with van der Waals surface area (Å²) < 4.78 is 47.6. The Balaban J connectivity index is 1.35. The first-order valence-electron chi connectivity index (χ1n) is 15.9. The minimum atomic E-state index is -4.72. The van der Waals surface area contributed by atoms with Gasteiger partial charge in [0.2, 0.25) is 11.7 Å². The molecule has 1 saturated heterocycles. The lowest BCUT2D eigenvalue weighted by Crippen LogP contribution is -2.51. The summed E-state index contributed by atoms with van der Waals surface area (Å²) in [5, 5.41) is 16.7. The fraction of sp³-hybridized carbons (Fsp3) is 0.406. The number of nitrogens with zero attached hydrogens (tertiary/aromatic N) is 8. The van der Waals surface area contributed by atoms with Gasteiger partial charge in [-0.3, -0.25) is 14.4 Å². The molecule has 5 heterocycles. The van der Waals surface area contributed by atoms with Gasteiger partial charge in [0, 0.05) is 39.5 Å². The van der Waals surface area contributed by atoms with Gasteiger partial charge in [-0.05, 0) is 55.5 Å². The fourth-order valence-electron chi connectivity index (χ4n) is 6.16. The summed E-state index contributed by atoms with van der Waals surface area (Å²) in [5.41, 5.74) is -0.306. The van der Waals surface area contributed by atoms with Crippen LogP contribution in [0.3, 0.4) is 0 Å². The van der Waals surface area contributed by atoms with Crippen molar-refractivity contribution >= 4 is 46.1 Å². The van der Waals surface area contributed by atoms with Crippen LogP contribution in [-0.4, -0.2) is 90.3 Å². The number of ether oxygens (including phenoxy) is 1.